The number of amides is 1. The van der Waals surface area contributed by atoms with Crippen LogP contribution in [0.5, 0.6) is 11.5 Å². The van der Waals surface area contributed by atoms with E-state index in [1.54, 1.807) is 26.2 Å². The molecule has 0 saturated heterocycles. The summed E-state index contributed by atoms with van der Waals surface area (Å²) >= 11 is 0. The molecule has 0 bridgehead atoms. The second-order valence-corrected chi connectivity index (χ2v) is 7.07. The summed E-state index contributed by atoms with van der Waals surface area (Å²) in [5, 5.41) is 8.11. The molecule has 0 atom stereocenters. The highest BCUT2D eigenvalue weighted by molar-refractivity contribution is 5.76. The van der Waals surface area contributed by atoms with Crippen LogP contribution in [0, 0.1) is 0 Å². The number of benzene rings is 2. The van der Waals surface area contributed by atoms with Crippen LogP contribution in [0.1, 0.15) is 17.7 Å². The molecule has 0 saturated carbocycles. The van der Waals surface area contributed by atoms with Crippen molar-refractivity contribution in [1.29, 1.82) is 0 Å². The molecule has 8 nitrogen and oxygen atoms in total. The lowest BCUT2D eigenvalue weighted by Crippen LogP contribution is -2.30. The number of H-pyrrole nitrogens is 1. The lowest BCUT2D eigenvalue weighted by atomic mass is 10.1. The van der Waals surface area contributed by atoms with Crippen LogP contribution >= 0.6 is 0 Å². The van der Waals surface area contributed by atoms with Crippen molar-refractivity contribution in [3.05, 3.63) is 70.1 Å². The predicted octanol–water partition coefficient (Wildman–Crippen LogP) is 2.48. The number of carbonyl (C=O) groups excluding carboxylic acids is 1. The number of ether oxygens (including phenoxy) is 2. The molecule has 0 fully saturated rings. The Labute approximate surface area is 180 Å². The maximum absolute atomic E-state index is 12.5. The summed E-state index contributed by atoms with van der Waals surface area (Å²) in [5.74, 6) is 1.67. The Morgan fingerprint density at radius 2 is 1.74 bits per heavy atom. The van der Waals surface area contributed by atoms with Crippen molar-refractivity contribution < 1.29 is 14.3 Å². The number of rotatable bonds is 9. The molecule has 1 amide bonds. The van der Waals surface area contributed by atoms with E-state index in [9.17, 15) is 9.59 Å². The number of nitrogens with zero attached hydrogens (tertiary/aromatic N) is 3. The summed E-state index contributed by atoms with van der Waals surface area (Å²) in [6.45, 7) is 0.545. The van der Waals surface area contributed by atoms with Crippen LogP contribution in [0.3, 0.4) is 0 Å². The summed E-state index contributed by atoms with van der Waals surface area (Å²) in [6.07, 6.45) is 1.09. The van der Waals surface area contributed by atoms with E-state index < -0.39 is 0 Å². The molecule has 0 aliphatic rings. The zero-order valence-electron chi connectivity index (χ0n) is 17.9. The molecular weight excluding hydrogens is 396 g/mol. The number of likely N-dealkylation sites (N-methyl/N-ethyl adjacent to an activating group) is 1. The monoisotopic (exact) mass is 422 g/mol. The topological polar surface area (TPSA) is 97.4 Å². The van der Waals surface area contributed by atoms with E-state index in [1.165, 1.54) is 0 Å². The molecule has 0 spiro atoms. The van der Waals surface area contributed by atoms with Gasteiger partial charge in [0.1, 0.15) is 5.69 Å². The number of hydrogen-bond donors (Lipinski definition) is 1. The lowest BCUT2D eigenvalue weighted by Gasteiger charge is -2.17. The van der Waals surface area contributed by atoms with Gasteiger partial charge in [-0.05, 0) is 24.1 Å². The highest BCUT2D eigenvalue weighted by Crippen LogP contribution is 2.27. The fraction of sp³-hybridized carbons (Fsp3) is 0.304. The summed E-state index contributed by atoms with van der Waals surface area (Å²) in [4.78, 5) is 29.2. The molecule has 2 aromatic carbocycles. The Kier molecular flexibility index (Phi) is 7.37. The van der Waals surface area contributed by atoms with Crippen LogP contribution in [0.2, 0.25) is 0 Å². The summed E-state index contributed by atoms with van der Waals surface area (Å²) in [5.41, 5.74) is 1.75. The number of hydrogen-bond acceptors (Lipinski definition) is 6. The van der Waals surface area contributed by atoms with Gasteiger partial charge in [-0.3, -0.25) is 9.59 Å². The third kappa shape index (κ3) is 5.69. The van der Waals surface area contributed by atoms with E-state index in [0.717, 1.165) is 11.1 Å². The highest BCUT2D eigenvalue weighted by Gasteiger charge is 2.13. The van der Waals surface area contributed by atoms with Crippen LogP contribution in [-0.2, 0) is 17.6 Å². The number of aryl methyl sites for hydroxylation is 1. The molecule has 162 valence electrons. The third-order valence-electron chi connectivity index (χ3n) is 5.00. The average Bonchev–Trinajstić information content (AvgIpc) is 2.81. The van der Waals surface area contributed by atoms with E-state index in [1.807, 2.05) is 48.5 Å². The zero-order valence-corrected chi connectivity index (χ0v) is 17.9. The summed E-state index contributed by atoms with van der Waals surface area (Å²) in [7, 11) is 4.93. The fourth-order valence-electron chi connectivity index (χ4n) is 3.12. The van der Waals surface area contributed by atoms with Crippen molar-refractivity contribution in [2.45, 2.75) is 19.3 Å². The predicted molar refractivity (Wildman–Crippen MR) is 117 cm³/mol. The van der Waals surface area contributed by atoms with Crippen LogP contribution in [-0.4, -0.2) is 53.8 Å². The third-order valence-corrected chi connectivity index (χ3v) is 5.00. The molecule has 1 N–H and O–H groups in total. The van der Waals surface area contributed by atoms with Crippen molar-refractivity contribution in [2.24, 2.45) is 0 Å². The second-order valence-electron chi connectivity index (χ2n) is 7.07. The van der Waals surface area contributed by atoms with Gasteiger partial charge < -0.3 is 19.4 Å². The van der Waals surface area contributed by atoms with Crippen molar-refractivity contribution in [3.8, 4) is 22.9 Å². The van der Waals surface area contributed by atoms with Crippen molar-refractivity contribution in [3.63, 3.8) is 0 Å². The fourth-order valence-corrected chi connectivity index (χ4v) is 3.12. The lowest BCUT2D eigenvalue weighted by molar-refractivity contribution is -0.129. The number of nitrogens with one attached hydrogen (secondary N) is 1. The first-order valence-electron chi connectivity index (χ1n) is 9.98. The molecule has 3 rings (SSSR count). The highest BCUT2D eigenvalue weighted by atomic mass is 16.5. The molecule has 1 aromatic heterocycles. The van der Waals surface area contributed by atoms with E-state index in [2.05, 4.69) is 15.2 Å². The summed E-state index contributed by atoms with van der Waals surface area (Å²) in [6, 6.07) is 15.0. The standard InChI is InChI=1S/C23H26N4O4/c1-27(14-13-16-9-11-19(30-2)20(15-16)31-3)21(28)12-10-18-23(29)24-22(26-25-18)17-7-5-4-6-8-17/h4-9,11,15H,10,12-14H2,1-3H3,(H,24,26,29). The van der Waals surface area contributed by atoms with E-state index in [-0.39, 0.29) is 30.0 Å². The van der Waals surface area contributed by atoms with Crippen LogP contribution in [0.25, 0.3) is 11.4 Å². The van der Waals surface area contributed by atoms with Crippen molar-refractivity contribution in [1.82, 2.24) is 20.1 Å². The number of aromatic amines is 1. The van der Waals surface area contributed by atoms with Crippen molar-refractivity contribution >= 4 is 5.91 Å². The first-order valence-corrected chi connectivity index (χ1v) is 9.98. The first kappa shape index (κ1) is 22.0. The van der Waals surface area contributed by atoms with E-state index >= 15 is 0 Å². The molecule has 0 unspecified atom stereocenters. The maximum atomic E-state index is 12.5. The van der Waals surface area contributed by atoms with Gasteiger partial charge in [-0.25, -0.2) is 0 Å². The minimum absolute atomic E-state index is 0.0613. The largest absolute Gasteiger partial charge is 0.493 e. The summed E-state index contributed by atoms with van der Waals surface area (Å²) < 4.78 is 10.6. The number of carbonyl (C=O) groups is 1. The smallest absolute Gasteiger partial charge is 0.273 e. The Morgan fingerprint density at radius 3 is 2.42 bits per heavy atom. The number of methoxy groups -OCH3 is 2. The Morgan fingerprint density at radius 1 is 1.00 bits per heavy atom. The molecule has 3 aromatic rings. The van der Waals surface area contributed by atoms with Gasteiger partial charge in [-0.1, -0.05) is 36.4 Å². The second kappa shape index (κ2) is 10.4. The minimum Gasteiger partial charge on any atom is -0.493 e. The van der Waals surface area contributed by atoms with Crippen LogP contribution < -0.4 is 15.0 Å². The van der Waals surface area contributed by atoms with Gasteiger partial charge in [-0.15, -0.1) is 10.2 Å². The molecule has 0 aliphatic heterocycles. The van der Waals surface area contributed by atoms with Gasteiger partial charge in [-0.2, -0.15) is 0 Å². The van der Waals surface area contributed by atoms with Gasteiger partial charge in [0.25, 0.3) is 5.56 Å². The van der Waals surface area contributed by atoms with Gasteiger partial charge in [0.2, 0.25) is 5.91 Å². The zero-order chi connectivity index (χ0) is 22.2. The molecule has 8 heteroatoms. The maximum Gasteiger partial charge on any atom is 0.273 e. The van der Waals surface area contributed by atoms with Crippen LogP contribution in [0.4, 0.5) is 0 Å². The quantitative estimate of drug-likeness (QED) is 0.569. The molecular formula is C23H26N4O4. The van der Waals surface area contributed by atoms with Crippen LogP contribution in [0.15, 0.2) is 53.3 Å². The molecule has 1 heterocycles. The minimum atomic E-state index is -0.324. The molecule has 0 radical (unpaired) electrons. The van der Waals surface area contributed by atoms with Gasteiger partial charge in [0.05, 0.1) is 14.2 Å². The Bertz CT molecular complexity index is 1080. The molecule has 0 aliphatic carbocycles. The van der Waals surface area contributed by atoms with Crippen molar-refractivity contribution in [2.75, 3.05) is 27.8 Å². The van der Waals surface area contributed by atoms with E-state index in [4.69, 9.17) is 9.47 Å². The Hall–Kier alpha value is -3.68. The normalized spacial score (nSPS) is 10.5. The number of aromatic nitrogens is 3. The SMILES string of the molecule is COc1ccc(CCN(C)C(=O)CCc2nnc(-c3ccccc3)[nH]c2=O)cc1OC. The average molecular weight is 422 g/mol. The first-order chi connectivity index (χ1) is 15.0. The van der Waals surface area contributed by atoms with Gasteiger partial charge >= 0.3 is 0 Å². The van der Waals surface area contributed by atoms with Gasteiger partial charge in [0.15, 0.2) is 17.3 Å². The Balaban J connectivity index is 1.54. The molecule has 31 heavy (non-hydrogen) atoms. The van der Waals surface area contributed by atoms with Gasteiger partial charge in [0, 0.05) is 32.0 Å². The van der Waals surface area contributed by atoms with E-state index in [0.29, 0.717) is 30.3 Å².